The summed E-state index contributed by atoms with van der Waals surface area (Å²) in [5.74, 6) is 2.01. The molecule has 27 heavy (non-hydrogen) atoms. The number of ether oxygens (including phenoxy) is 1. The third-order valence-corrected chi connectivity index (χ3v) is 3.96. The molecule has 1 heterocycles. The minimum Gasteiger partial charge on any atom is -0.348 e. The van der Waals surface area contributed by atoms with Crippen LogP contribution in [0.15, 0.2) is 33.9 Å². The molecule has 0 aliphatic heterocycles. The van der Waals surface area contributed by atoms with E-state index in [0.29, 0.717) is 16.8 Å². The van der Waals surface area contributed by atoms with Crippen molar-refractivity contribution >= 4 is 0 Å². The molecule has 0 radical (unpaired) electrons. The quantitative estimate of drug-likeness (QED) is 0.619. The Labute approximate surface area is 153 Å². The Morgan fingerprint density at radius 3 is 2.59 bits per heavy atom. The van der Waals surface area contributed by atoms with Gasteiger partial charge in [0.2, 0.25) is 0 Å². The zero-order valence-corrected chi connectivity index (χ0v) is 14.9. The van der Waals surface area contributed by atoms with Crippen molar-refractivity contribution in [2.24, 2.45) is 0 Å². The Balaban J connectivity index is 2.58. The van der Waals surface area contributed by atoms with Gasteiger partial charge in [0.05, 0.1) is 5.56 Å². The van der Waals surface area contributed by atoms with Crippen LogP contribution >= 0.6 is 0 Å². The Bertz CT molecular complexity index is 966. The molecule has 1 aromatic heterocycles. The smallest absolute Gasteiger partial charge is 0.348 e. The van der Waals surface area contributed by atoms with E-state index in [4.69, 9.17) is 11.2 Å². The first-order chi connectivity index (χ1) is 12.6. The Morgan fingerprint density at radius 1 is 1.30 bits per heavy atom. The van der Waals surface area contributed by atoms with Gasteiger partial charge >= 0.3 is 11.9 Å². The predicted molar refractivity (Wildman–Crippen MR) is 94.4 cm³/mol. The van der Waals surface area contributed by atoms with Gasteiger partial charge in [0.1, 0.15) is 13.3 Å². The van der Waals surface area contributed by atoms with Gasteiger partial charge in [0.25, 0.3) is 5.56 Å². The monoisotopic (exact) mass is 380 g/mol. The summed E-state index contributed by atoms with van der Waals surface area (Å²) in [5.41, 5.74) is -1.13. The number of hydrogen-bond acceptors (Lipinski definition) is 3. The Morgan fingerprint density at radius 2 is 2.00 bits per heavy atom. The van der Waals surface area contributed by atoms with Crippen molar-refractivity contribution in [3.05, 3.63) is 67.5 Å². The number of halogens is 3. The highest BCUT2D eigenvalue weighted by Gasteiger charge is 2.30. The van der Waals surface area contributed by atoms with Crippen molar-refractivity contribution in [3.8, 4) is 12.3 Å². The van der Waals surface area contributed by atoms with E-state index in [1.54, 1.807) is 13.8 Å². The number of aromatic nitrogens is 2. The summed E-state index contributed by atoms with van der Waals surface area (Å²) < 4.78 is 45.3. The van der Waals surface area contributed by atoms with Crippen molar-refractivity contribution in [1.82, 2.24) is 9.55 Å². The molecule has 8 heteroatoms. The van der Waals surface area contributed by atoms with Gasteiger partial charge in [-0.15, -0.1) is 6.42 Å². The van der Waals surface area contributed by atoms with Gasteiger partial charge in [0.15, 0.2) is 0 Å². The molecule has 2 rings (SSSR count). The summed E-state index contributed by atoms with van der Waals surface area (Å²) in [4.78, 5) is 26.7. The number of aromatic amines is 1. The molecular formula is C19H19F3N2O3. The summed E-state index contributed by atoms with van der Waals surface area (Å²) in [6.45, 7) is 3.26. The number of nitrogens with zero attached hydrogens (tertiary/aromatic N) is 1. The second-order valence-corrected chi connectivity index (χ2v) is 6.26. The van der Waals surface area contributed by atoms with Crippen LogP contribution in [0, 0.1) is 12.3 Å². The van der Waals surface area contributed by atoms with Crippen LogP contribution in [0.25, 0.3) is 0 Å². The summed E-state index contributed by atoms with van der Waals surface area (Å²) in [7, 11) is 0. The topological polar surface area (TPSA) is 64.1 Å². The van der Waals surface area contributed by atoms with Crippen LogP contribution in [0.5, 0.6) is 0 Å². The lowest BCUT2D eigenvalue weighted by Crippen LogP contribution is -2.36. The van der Waals surface area contributed by atoms with E-state index in [9.17, 15) is 22.8 Å². The normalized spacial score (nSPS) is 11.6. The number of H-pyrrole nitrogens is 1. The van der Waals surface area contributed by atoms with Crippen molar-refractivity contribution in [2.75, 3.05) is 6.61 Å². The van der Waals surface area contributed by atoms with E-state index in [-0.39, 0.29) is 25.7 Å². The standard InChI is InChI=1S/C19H19F3N2O3/c1-4-8-27-11-24-15(16(12(2)3)17(25)23-18(24)26)10-13-6-5-7-14(9-13)19(20,21)22/h1,5-7,9,12H,8,10-11H2,2-3H3,(H,23,25,26). The summed E-state index contributed by atoms with van der Waals surface area (Å²) in [5, 5.41) is 0. The highest BCUT2D eigenvalue weighted by atomic mass is 19.4. The number of hydrogen-bond donors (Lipinski definition) is 1. The van der Waals surface area contributed by atoms with Crippen LogP contribution in [-0.4, -0.2) is 16.2 Å². The van der Waals surface area contributed by atoms with Crippen LogP contribution in [0.4, 0.5) is 13.2 Å². The molecule has 1 N–H and O–H groups in total. The number of nitrogens with one attached hydrogen (secondary N) is 1. The van der Waals surface area contributed by atoms with E-state index < -0.39 is 23.0 Å². The summed E-state index contributed by atoms with van der Waals surface area (Å²) >= 11 is 0. The van der Waals surface area contributed by atoms with E-state index in [0.717, 1.165) is 12.1 Å². The minimum atomic E-state index is -4.49. The maximum Gasteiger partial charge on any atom is 0.416 e. The van der Waals surface area contributed by atoms with Gasteiger partial charge in [-0.05, 0) is 17.5 Å². The lowest BCUT2D eigenvalue weighted by Gasteiger charge is -2.18. The van der Waals surface area contributed by atoms with Gasteiger partial charge in [-0.3, -0.25) is 14.3 Å². The third kappa shape index (κ3) is 4.89. The van der Waals surface area contributed by atoms with Crippen LogP contribution in [0.2, 0.25) is 0 Å². The van der Waals surface area contributed by atoms with Crippen molar-refractivity contribution in [1.29, 1.82) is 0 Å². The van der Waals surface area contributed by atoms with Crippen molar-refractivity contribution in [3.63, 3.8) is 0 Å². The van der Waals surface area contributed by atoms with E-state index in [2.05, 4.69) is 10.9 Å². The zero-order valence-electron chi connectivity index (χ0n) is 14.9. The molecule has 0 saturated carbocycles. The molecule has 0 spiro atoms. The highest BCUT2D eigenvalue weighted by molar-refractivity contribution is 5.32. The molecule has 0 bridgehead atoms. The lowest BCUT2D eigenvalue weighted by molar-refractivity contribution is -0.137. The van der Waals surface area contributed by atoms with Gasteiger partial charge in [0, 0.05) is 17.7 Å². The largest absolute Gasteiger partial charge is 0.416 e. The molecule has 5 nitrogen and oxygen atoms in total. The van der Waals surface area contributed by atoms with Crippen LogP contribution in [-0.2, 0) is 24.1 Å². The predicted octanol–water partition coefficient (Wildman–Crippen LogP) is 2.88. The molecule has 0 atom stereocenters. The fraction of sp³-hybridized carbons (Fsp3) is 0.368. The lowest BCUT2D eigenvalue weighted by atomic mass is 9.97. The molecule has 0 fully saturated rings. The number of alkyl halides is 3. The van der Waals surface area contributed by atoms with Gasteiger partial charge in [-0.25, -0.2) is 4.79 Å². The summed E-state index contributed by atoms with van der Waals surface area (Å²) in [6.07, 6.45) is 0.608. The number of rotatable bonds is 6. The molecule has 144 valence electrons. The maximum atomic E-state index is 13.0. The molecule has 1 aromatic carbocycles. The zero-order chi connectivity index (χ0) is 20.2. The minimum absolute atomic E-state index is 0.0317. The first-order valence-corrected chi connectivity index (χ1v) is 8.18. The molecule has 0 saturated heterocycles. The van der Waals surface area contributed by atoms with Gasteiger partial charge in [-0.1, -0.05) is 38.0 Å². The number of terminal acetylenes is 1. The first-order valence-electron chi connectivity index (χ1n) is 8.18. The third-order valence-electron chi connectivity index (χ3n) is 3.96. The molecule has 0 amide bonds. The molecule has 0 unspecified atom stereocenters. The van der Waals surface area contributed by atoms with Crippen LogP contribution < -0.4 is 11.2 Å². The van der Waals surface area contributed by atoms with Gasteiger partial charge < -0.3 is 4.74 Å². The second kappa shape index (κ2) is 8.27. The summed E-state index contributed by atoms with van der Waals surface area (Å²) in [6, 6.07) is 4.77. The van der Waals surface area contributed by atoms with Crippen molar-refractivity contribution in [2.45, 2.75) is 39.1 Å². The Hall–Kier alpha value is -2.79. The second-order valence-electron chi connectivity index (χ2n) is 6.26. The van der Waals surface area contributed by atoms with Crippen LogP contribution in [0.1, 0.15) is 42.1 Å². The van der Waals surface area contributed by atoms with E-state index in [1.807, 2.05) is 0 Å². The van der Waals surface area contributed by atoms with E-state index in [1.165, 1.54) is 16.7 Å². The van der Waals surface area contributed by atoms with E-state index >= 15 is 0 Å². The maximum absolute atomic E-state index is 13.0. The first kappa shape index (κ1) is 20.5. The fourth-order valence-electron chi connectivity index (χ4n) is 2.80. The van der Waals surface area contributed by atoms with Gasteiger partial charge in [-0.2, -0.15) is 13.2 Å². The average Bonchev–Trinajstić information content (AvgIpc) is 2.56. The molecule has 0 aliphatic carbocycles. The van der Waals surface area contributed by atoms with Crippen molar-refractivity contribution < 1.29 is 17.9 Å². The van der Waals surface area contributed by atoms with Crippen LogP contribution in [0.3, 0.4) is 0 Å². The molecule has 2 aromatic rings. The fourth-order valence-corrected chi connectivity index (χ4v) is 2.80. The SMILES string of the molecule is C#CCOCn1c(Cc2cccc(C(F)(F)F)c2)c(C(C)C)c(=O)[nH]c1=O. The number of benzene rings is 1. The highest BCUT2D eigenvalue weighted by Crippen LogP contribution is 2.30. The Kier molecular flexibility index (Phi) is 6.28. The molecular weight excluding hydrogens is 361 g/mol. The average molecular weight is 380 g/mol. The molecule has 0 aliphatic rings.